The Morgan fingerprint density at radius 1 is 1.16 bits per heavy atom. The van der Waals surface area contributed by atoms with Gasteiger partial charge in [-0.1, -0.05) is 24.3 Å². The van der Waals surface area contributed by atoms with E-state index in [1.807, 2.05) is 13.0 Å². The molecule has 0 aliphatic carbocycles. The van der Waals surface area contributed by atoms with E-state index in [1.165, 1.54) is 18.2 Å². The minimum absolute atomic E-state index is 0.0987. The van der Waals surface area contributed by atoms with Gasteiger partial charge in [0.1, 0.15) is 5.82 Å². The van der Waals surface area contributed by atoms with Gasteiger partial charge in [0.15, 0.2) is 11.6 Å². The van der Waals surface area contributed by atoms with E-state index in [0.717, 1.165) is 5.56 Å². The Morgan fingerprint density at radius 2 is 1.89 bits per heavy atom. The van der Waals surface area contributed by atoms with Gasteiger partial charge in [0.2, 0.25) is 0 Å². The minimum Gasteiger partial charge on any atom is -0.505 e. The molecule has 0 radical (unpaired) electrons. The van der Waals surface area contributed by atoms with Crippen molar-refractivity contribution in [1.82, 2.24) is 5.32 Å². The van der Waals surface area contributed by atoms with Crippen molar-refractivity contribution in [3.63, 3.8) is 0 Å². The van der Waals surface area contributed by atoms with Gasteiger partial charge in [0, 0.05) is 18.2 Å². The Kier molecular flexibility index (Phi) is 4.12. The first-order valence-electron chi connectivity index (χ1n) is 6.03. The number of nitrogens with one attached hydrogen (secondary N) is 1. The first-order chi connectivity index (χ1) is 9.08. The highest BCUT2D eigenvalue weighted by atomic mass is 19.1. The van der Waals surface area contributed by atoms with Crippen LogP contribution in [-0.4, -0.2) is 5.11 Å². The molecule has 0 aliphatic rings. The summed E-state index contributed by atoms with van der Waals surface area (Å²) >= 11 is 0. The lowest BCUT2D eigenvalue weighted by Gasteiger charge is -2.15. The molecule has 0 saturated carbocycles. The molecule has 2 aromatic rings. The summed E-state index contributed by atoms with van der Waals surface area (Å²) in [4.78, 5) is 0. The highest BCUT2D eigenvalue weighted by molar-refractivity contribution is 5.33. The summed E-state index contributed by atoms with van der Waals surface area (Å²) in [6.07, 6.45) is 0. The zero-order valence-electron chi connectivity index (χ0n) is 10.5. The van der Waals surface area contributed by atoms with Crippen molar-refractivity contribution < 1.29 is 13.9 Å². The van der Waals surface area contributed by atoms with Crippen LogP contribution in [0.4, 0.5) is 8.78 Å². The summed E-state index contributed by atoms with van der Waals surface area (Å²) < 4.78 is 26.2. The van der Waals surface area contributed by atoms with Gasteiger partial charge in [-0.05, 0) is 30.7 Å². The number of hydrogen-bond acceptors (Lipinski definition) is 2. The van der Waals surface area contributed by atoms with Crippen molar-refractivity contribution in [3.05, 3.63) is 65.2 Å². The fourth-order valence-electron chi connectivity index (χ4n) is 1.86. The van der Waals surface area contributed by atoms with Crippen LogP contribution >= 0.6 is 0 Å². The van der Waals surface area contributed by atoms with Gasteiger partial charge in [0.05, 0.1) is 0 Å². The predicted molar refractivity (Wildman–Crippen MR) is 69.7 cm³/mol. The number of phenols is 1. The van der Waals surface area contributed by atoms with E-state index in [0.29, 0.717) is 12.1 Å². The predicted octanol–water partition coefficient (Wildman–Crippen LogP) is 3.52. The van der Waals surface area contributed by atoms with Gasteiger partial charge in [-0.2, -0.15) is 0 Å². The van der Waals surface area contributed by atoms with Crippen LogP contribution in [0.3, 0.4) is 0 Å². The first-order valence-corrected chi connectivity index (χ1v) is 6.03. The van der Waals surface area contributed by atoms with Crippen molar-refractivity contribution in [3.8, 4) is 5.75 Å². The van der Waals surface area contributed by atoms with Gasteiger partial charge in [-0.25, -0.2) is 8.78 Å². The third kappa shape index (κ3) is 3.29. The van der Waals surface area contributed by atoms with Crippen LogP contribution in [0.5, 0.6) is 5.75 Å². The van der Waals surface area contributed by atoms with Gasteiger partial charge >= 0.3 is 0 Å². The SMILES string of the molecule is C[C@@H](NCc1cccc(F)c1O)c1cccc(F)c1. The molecule has 0 bridgehead atoms. The molecule has 4 heteroatoms. The standard InChI is InChI=1S/C15H15F2NO/c1-10(11-4-2-6-13(16)8-11)18-9-12-5-3-7-14(17)15(12)19/h2-8,10,18-19H,9H2,1H3/t10-/m1/s1. The fraction of sp³-hybridized carbons (Fsp3) is 0.200. The molecule has 0 saturated heterocycles. The largest absolute Gasteiger partial charge is 0.505 e. The summed E-state index contributed by atoms with van der Waals surface area (Å²) in [5.41, 5.74) is 1.28. The average Bonchev–Trinajstić information content (AvgIpc) is 2.40. The van der Waals surface area contributed by atoms with Crippen LogP contribution in [0.1, 0.15) is 24.1 Å². The number of para-hydroxylation sites is 1. The van der Waals surface area contributed by atoms with E-state index in [2.05, 4.69) is 5.32 Å². The molecule has 0 heterocycles. The number of halogens is 2. The summed E-state index contributed by atoms with van der Waals surface area (Å²) in [5.74, 6) is -1.28. The quantitative estimate of drug-likeness (QED) is 0.884. The molecule has 2 nitrogen and oxygen atoms in total. The molecule has 0 amide bonds. The maximum absolute atomic E-state index is 13.2. The number of benzene rings is 2. The van der Waals surface area contributed by atoms with Crippen LogP contribution in [0.25, 0.3) is 0 Å². The van der Waals surface area contributed by atoms with Gasteiger partial charge in [-0.15, -0.1) is 0 Å². The molecule has 0 unspecified atom stereocenters. The summed E-state index contributed by atoms with van der Waals surface area (Å²) in [6, 6.07) is 10.6. The van der Waals surface area contributed by atoms with Crippen LogP contribution in [0.2, 0.25) is 0 Å². The molecule has 0 aromatic heterocycles. The fourth-order valence-corrected chi connectivity index (χ4v) is 1.86. The first kappa shape index (κ1) is 13.5. The smallest absolute Gasteiger partial charge is 0.165 e. The number of rotatable bonds is 4. The van der Waals surface area contributed by atoms with Crippen molar-refractivity contribution in [1.29, 1.82) is 0 Å². The Labute approximate surface area is 110 Å². The van der Waals surface area contributed by atoms with Gasteiger partial charge < -0.3 is 10.4 Å². The van der Waals surface area contributed by atoms with Crippen LogP contribution < -0.4 is 5.32 Å². The maximum atomic E-state index is 13.2. The summed E-state index contributed by atoms with van der Waals surface area (Å²) in [5, 5.41) is 12.7. The molecule has 1 atom stereocenters. The van der Waals surface area contributed by atoms with Gasteiger partial charge in [-0.3, -0.25) is 0 Å². The Balaban J connectivity index is 2.04. The summed E-state index contributed by atoms with van der Waals surface area (Å²) in [6.45, 7) is 2.19. The second-order valence-electron chi connectivity index (χ2n) is 4.41. The molecular weight excluding hydrogens is 248 g/mol. The number of hydrogen-bond donors (Lipinski definition) is 2. The molecule has 0 fully saturated rings. The van der Waals surface area contributed by atoms with Crippen LogP contribution in [0, 0.1) is 11.6 Å². The lowest BCUT2D eigenvalue weighted by molar-refractivity contribution is 0.420. The van der Waals surface area contributed by atoms with E-state index >= 15 is 0 Å². The molecule has 19 heavy (non-hydrogen) atoms. The Bertz CT molecular complexity index is 572. The van der Waals surface area contributed by atoms with Crippen LogP contribution in [-0.2, 0) is 6.54 Å². The zero-order valence-corrected chi connectivity index (χ0v) is 10.5. The third-order valence-electron chi connectivity index (χ3n) is 3.02. The van der Waals surface area contributed by atoms with Crippen molar-refractivity contribution in [2.45, 2.75) is 19.5 Å². The highest BCUT2D eigenvalue weighted by Gasteiger charge is 2.09. The van der Waals surface area contributed by atoms with Crippen molar-refractivity contribution in [2.24, 2.45) is 0 Å². The molecule has 2 aromatic carbocycles. The van der Waals surface area contributed by atoms with E-state index in [-0.39, 0.29) is 17.6 Å². The monoisotopic (exact) mass is 263 g/mol. The van der Waals surface area contributed by atoms with E-state index in [1.54, 1.807) is 18.2 Å². The molecular formula is C15H15F2NO. The Hall–Kier alpha value is -1.94. The van der Waals surface area contributed by atoms with E-state index in [4.69, 9.17) is 0 Å². The third-order valence-corrected chi connectivity index (χ3v) is 3.02. The number of phenolic OH excluding ortho intramolecular Hbond substituents is 1. The van der Waals surface area contributed by atoms with E-state index in [9.17, 15) is 13.9 Å². The zero-order chi connectivity index (χ0) is 13.8. The Morgan fingerprint density at radius 3 is 2.63 bits per heavy atom. The van der Waals surface area contributed by atoms with Gasteiger partial charge in [0.25, 0.3) is 0 Å². The molecule has 0 spiro atoms. The van der Waals surface area contributed by atoms with E-state index < -0.39 is 5.82 Å². The second kappa shape index (κ2) is 5.80. The maximum Gasteiger partial charge on any atom is 0.165 e. The van der Waals surface area contributed by atoms with Crippen molar-refractivity contribution in [2.75, 3.05) is 0 Å². The van der Waals surface area contributed by atoms with Crippen LogP contribution in [0.15, 0.2) is 42.5 Å². The topological polar surface area (TPSA) is 32.3 Å². The molecule has 2 N–H and O–H groups in total. The van der Waals surface area contributed by atoms with Crippen molar-refractivity contribution >= 4 is 0 Å². The summed E-state index contributed by atoms with van der Waals surface area (Å²) in [7, 11) is 0. The average molecular weight is 263 g/mol. The second-order valence-corrected chi connectivity index (χ2v) is 4.41. The lowest BCUT2D eigenvalue weighted by atomic mass is 10.1. The molecule has 100 valence electrons. The minimum atomic E-state index is -0.641. The normalized spacial score (nSPS) is 12.4. The highest BCUT2D eigenvalue weighted by Crippen LogP contribution is 2.21. The molecule has 2 rings (SSSR count). The lowest BCUT2D eigenvalue weighted by Crippen LogP contribution is -2.18. The molecule has 0 aliphatic heterocycles. The number of aromatic hydroxyl groups is 1.